The van der Waals surface area contributed by atoms with Crippen LogP contribution >= 0.6 is 19.4 Å². The zero-order valence-electron chi connectivity index (χ0n) is 16.3. The maximum absolute atomic E-state index is 11.4. The lowest BCUT2D eigenvalue weighted by molar-refractivity contribution is -0.0397. The van der Waals surface area contributed by atoms with Crippen molar-refractivity contribution in [3.05, 3.63) is 59.4 Å². The SMILES string of the molecule is CCCCCCCN1C=CN(C/C=C\Cc2ccc(Cl)cc2)C1OP(=O)(O)O. The van der Waals surface area contributed by atoms with Gasteiger partial charge in [0, 0.05) is 30.5 Å². The number of benzene rings is 1. The third kappa shape index (κ3) is 8.38. The molecule has 2 N–H and O–H groups in total. The lowest BCUT2D eigenvalue weighted by Crippen LogP contribution is -2.40. The van der Waals surface area contributed by atoms with Gasteiger partial charge < -0.3 is 19.6 Å². The Morgan fingerprint density at radius 1 is 1.07 bits per heavy atom. The third-order valence-electron chi connectivity index (χ3n) is 4.52. The van der Waals surface area contributed by atoms with Crippen molar-refractivity contribution in [1.82, 2.24) is 9.80 Å². The van der Waals surface area contributed by atoms with Gasteiger partial charge in [0.25, 0.3) is 0 Å². The van der Waals surface area contributed by atoms with Crippen LogP contribution in [0, 0.1) is 0 Å². The first-order chi connectivity index (χ1) is 13.4. The molecule has 8 heteroatoms. The van der Waals surface area contributed by atoms with Gasteiger partial charge in [0.2, 0.25) is 6.35 Å². The van der Waals surface area contributed by atoms with E-state index in [1.807, 2.05) is 53.7 Å². The van der Waals surface area contributed by atoms with Crippen LogP contribution in [0.1, 0.15) is 44.6 Å². The summed E-state index contributed by atoms with van der Waals surface area (Å²) in [5, 5.41) is 0.710. The normalized spacial score (nSPS) is 17.2. The van der Waals surface area contributed by atoms with E-state index in [-0.39, 0.29) is 0 Å². The number of phosphoric acid groups is 1. The van der Waals surface area contributed by atoms with E-state index in [4.69, 9.17) is 16.1 Å². The molecular weight excluding hydrogens is 399 g/mol. The van der Waals surface area contributed by atoms with Gasteiger partial charge in [-0.25, -0.2) is 9.09 Å². The van der Waals surface area contributed by atoms with Crippen molar-refractivity contribution >= 4 is 19.4 Å². The van der Waals surface area contributed by atoms with Crippen molar-refractivity contribution in [1.29, 1.82) is 0 Å². The molecule has 1 unspecified atom stereocenters. The fourth-order valence-electron chi connectivity index (χ4n) is 3.02. The maximum Gasteiger partial charge on any atom is 0.472 e. The monoisotopic (exact) mass is 428 g/mol. The highest BCUT2D eigenvalue weighted by molar-refractivity contribution is 7.46. The van der Waals surface area contributed by atoms with E-state index >= 15 is 0 Å². The second-order valence-corrected chi connectivity index (χ2v) is 8.50. The Labute approximate surface area is 172 Å². The molecule has 0 saturated heterocycles. The first kappa shape index (κ1) is 23.0. The molecular formula is C20H30ClN2O4P. The van der Waals surface area contributed by atoms with Crippen LogP contribution in [0.3, 0.4) is 0 Å². The number of halogens is 1. The second kappa shape index (κ2) is 11.6. The Kier molecular flexibility index (Phi) is 9.56. The summed E-state index contributed by atoms with van der Waals surface area (Å²) in [6, 6.07) is 7.66. The van der Waals surface area contributed by atoms with Crippen LogP contribution in [0.25, 0.3) is 0 Å². The lowest BCUT2D eigenvalue weighted by atomic mass is 10.1. The highest BCUT2D eigenvalue weighted by Gasteiger charge is 2.32. The highest BCUT2D eigenvalue weighted by Crippen LogP contribution is 2.40. The molecule has 0 radical (unpaired) electrons. The first-order valence-electron chi connectivity index (χ1n) is 9.72. The average molecular weight is 429 g/mol. The van der Waals surface area contributed by atoms with E-state index < -0.39 is 14.2 Å². The molecule has 1 aliphatic rings. The molecule has 1 atom stereocenters. The molecule has 2 rings (SSSR count). The van der Waals surface area contributed by atoms with Crippen molar-refractivity contribution < 1.29 is 18.9 Å². The zero-order valence-corrected chi connectivity index (χ0v) is 17.9. The molecule has 0 bridgehead atoms. The molecule has 1 aromatic carbocycles. The summed E-state index contributed by atoms with van der Waals surface area (Å²) in [6.07, 6.45) is 13.3. The summed E-state index contributed by atoms with van der Waals surface area (Å²) < 4.78 is 16.4. The van der Waals surface area contributed by atoms with Crippen molar-refractivity contribution in [2.24, 2.45) is 0 Å². The summed E-state index contributed by atoms with van der Waals surface area (Å²) in [4.78, 5) is 22.2. The van der Waals surface area contributed by atoms with E-state index in [1.165, 1.54) is 19.3 Å². The lowest BCUT2D eigenvalue weighted by Gasteiger charge is -2.31. The van der Waals surface area contributed by atoms with Crippen LogP contribution in [0.2, 0.25) is 5.02 Å². The number of nitrogens with zero attached hydrogens (tertiary/aromatic N) is 2. The molecule has 1 heterocycles. The fourth-order valence-corrected chi connectivity index (χ4v) is 3.64. The van der Waals surface area contributed by atoms with Crippen molar-refractivity contribution in [3.8, 4) is 0 Å². The Morgan fingerprint density at radius 3 is 2.43 bits per heavy atom. The van der Waals surface area contributed by atoms with Crippen molar-refractivity contribution in [2.45, 2.75) is 51.8 Å². The predicted molar refractivity (Wildman–Crippen MR) is 113 cm³/mol. The van der Waals surface area contributed by atoms with Gasteiger partial charge in [-0.3, -0.25) is 0 Å². The minimum Gasteiger partial charge on any atom is -0.334 e. The summed E-state index contributed by atoms with van der Waals surface area (Å²) in [6.45, 7) is 3.38. The molecule has 0 amide bonds. The Hall–Kier alpha value is -1.30. The van der Waals surface area contributed by atoms with E-state index in [9.17, 15) is 14.4 Å². The van der Waals surface area contributed by atoms with Gasteiger partial charge in [0.05, 0.1) is 0 Å². The third-order valence-corrected chi connectivity index (χ3v) is 5.23. The minimum absolute atomic E-state index is 0.501. The fraction of sp³-hybridized carbons (Fsp3) is 0.500. The van der Waals surface area contributed by atoms with E-state index in [0.717, 1.165) is 24.8 Å². The van der Waals surface area contributed by atoms with Crippen LogP contribution in [-0.4, -0.2) is 39.0 Å². The van der Waals surface area contributed by atoms with Crippen molar-refractivity contribution in [3.63, 3.8) is 0 Å². The number of phosphoric ester groups is 1. The Balaban J connectivity index is 1.86. The van der Waals surface area contributed by atoms with Gasteiger partial charge in [-0.2, -0.15) is 0 Å². The largest absolute Gasteiger partial charge is 0.472 e. The van der Waals surface area contributed by atoms with E-state index in [2.05, 4.69) is 6.92 Å². The van der Waals surface area contributed by atoms with Gasteiger partial charge in [-0.1, -0.05) is 68.5 Å². The molecule has 1 aliphatic heterocycles. The molecule has 0 fully saturated rings. The van der Waals surface area contributed by atoms with Crippen LogP contribution in [0.4, 0.5) is 0 Å². The summed E-state index contributed by atoms with van der Waals surface area (Å²) >= 11 is 5.89. The molecule has 1 aromatic rings. The van der Waals surface area contributed by atoms with Crippen molar-refractivity contribution in [2.75, 3.05) is 13.1 Å². The summed E-state index contributed by atoms with van der Waals surface area (Å²) in [5.74, 6) is 0. The molecule has 28 heavy (non-hydrogen) atoms. The average Bonchev–Trinajstić information content (AvgIpc) is 3.00. The molecule has 0 aromatic heterocycles. The zero-order chi connectivity index (χ0) is 20.4. The maximum atomic E-state index is 11.4. The van der Waals surface area contributed by atoms with Crippen LogP contribution < -0.4 is 0 Å². The van der Waals surface area contributed by atoms with E-state index in [1.54, 1.807) is 4.90 Å². The first-order valence-corrected chi connectivity index (χ1v) is 11.6. The number of rotatable bonds is 12. The highest BCUT2D eigenvalue weighted by atomic mass is 35.5. The number of allylic oxidation sites excluding steroid dienone is 1. The quantitative estimate of drug-likeness (QED) is 0.280. The minimum atomic E-state index is -4.59. The van der Waals surface area contributed by atoms with Gasteiger partial charge >= 0.3 is 7.82 Å². The van der Waals surface area contributed by atoms with Gasteiger partial charge in [0.1, 0.15) is 0 Å². The van der Waals surface area contributed by atoms with Gasteiger partial charge in [0.15, 0.2) is 0 Å². The molecule has 0 aliphatic carbocycles. The van der Waals surface area contributed by atoms with Gasteiger partial charge in [-0.05, 0) is 30.5 Å². The topological polar surface area (TPSA) is 73.2 Å². The number of unbranched alkanes of at least 4 members (excludes halogenated alkanes) is 4. The number of hydrogen-bond acceptors (Lipinski definition) is 4. The smallest absolute Gasteiger partial charge is 0.334 e. The number of hydrogen-bond donors (Lipinski definition) is 2. The van der Waals surface area contributed by atoms with Gasteiger partial charge in [-0.15, -0.1) is 0 Å². The Bertz CT molecular complexity index is 690. The summed E-state index contributed by atoms with van der Waals surface area (Å²) in [7, 11) is -4.59. The summed E-state index contributed by atoms with van der Waals surface area (Å²) in [5.41, 5.74) is 1.15. The molecule has 0 saturated carbocycles. The molecule has 0 spiro atoms. The predicted octanol–water partition coefficient (Wildman–Crippen LogP) is 4.89. The Morgan fingerprint density at radius 2 is 1.75 bits per heavy atom. The molecule has 156 valence electrons. The second-order valence-electron chi connectivity index (χ2n) is 6.87. The van der Waals surface area contributed by atoms with Crippen LogP contribution in [-0.2, 0) is 15.5 Å². The standard InChI is InChI=1S/C20H30ClN2O4P/c1-2-3-4-5-7-14-22-16-17-23(20(22)27-28(24,25)26)15-8-6-9-18-10-12-19(21)13-11-18/h6,8,10-13,16-17,20H,2-5,7,9,14-15H2,1H3,(H2,24,25,26)/b8-6-. The van der Waals surface area contributed by atoms with Crippen LogP contribution in [0.5, 0.6) is 0 Å². The molecule has 6 nitrogen and oxygen atoms in total. The van der Waals surface area contributed by atoms with Crippen LogP contribution in [0.15, 0.2) is 48.8 Å². The van der Waals surface area contributed by atoms with E-state index in [0.29, 0.717) is 18.1 Å².